The van der Waals surface area contributed by atoms with E-state index in [4.69, 9.17) is 33.3 Å². The van der Waals surface area contributed by atoms with Crippen LogP contribution >= 0.6 is 0 Å². The first-order chi connectivity index (χ1) is 34.9. The summed E-state index contributed by atoms with van der Waals surface area (Å²) in [5, 5.41) is 4.63. The van der Waals surface area contributed by atoms with Crippen molar-refractivity contribution in [2.75, 3.05) is 21.3 Å². The van der Waals surface area contributed by atoms with Crippen LogP contribution in [0.4, 0.5) is 0 Å². The predicted molar refractivity (Wildman–Crippen MR) is 279 cm³/mol. The van der Waals surface area contributed by atoms with Crippen molar-refractivity contribution in [3.8, 4) is 11.5 Å². The molecule has 0 spiro atoms. The molecule has 3 unspecified atom stereocenters. The number of unbranched alkanes of at least 4 members (excludes halogenated alkanes) is 1. The molecule has 74 heavy (non-hydrogen) atoms. The van der Waals surface area contributed by atoms with Crippen LogP contribution in [0.1, 0.15) is 190 Å². The Kier molecular flexibility index (Phi) is 14.2. The summed E-state index contributed by atoms with van der Waals surface area (Å²) in [5.41, 5.74) is 4.17. The standard InChI is InChI=1S/C61H85NO12/c1-35-22-27-61-34-43(71-36(2)63)52(72-37(3)64)53(69-12)50(61)39(35)32-38-18-20-42(68-11)51(49(38)61)73-47(65)16-14-15-17-48(66)74-62-46-24-25-57(8)44(56(46,6)7)23-26-59(10)45(57)21-19-40-41-33-55(4,5)28-30-60(41,54(67)70-13)31-29-58(40,59)9/h18-20,35,39,41,43-45,52H,14-17,21-34H2,1-13H3/b62-46+/t35?,39-,41-,43?,44-,45+,52?,57-,58+,59+,60-,61+/m0/s1. The third-order valence-corrected chi connectivity index (χ3v) is 21.7. The lowest BCUT2D eigenvalue weighted by Gasteiger charge is -2.70. The Morgan fingerprint density at radius 3 is 2.14 bits per heavy atom. The Labute approximate surface area is 440 Å². The lowest BCUT2D eigenvalue weighted by Crippen LogP contribution is -2.64. The number of methoxy groups -OCH3 is 3. The first-order valence-corrected chi connectivity index (χ1v) is 28.0. The van der Waals surface area contributed by atoms with Crippen LogP contribution in [-0.4, -0.2) is 69.1 Å². The normalized spacial score (nSPS) is 37.7. The minimum Gasteiger partial charge on any atom is -0.497 e. The lowest BCUT2D eigenvalue weighted by atomic mass is 9.33. The van der Waals surface area contributed by atoms with Gasteiger partial charge in [-0.3, -0.25) is 19.2 Å². The summed E-state index contributed by atoms with van der Waals surface area (Å²) >= 11 is 0. The number of esters is 4. The molecule has 2 bridgehead atoms. The Balaban J connectivity index is 0.857. The number of hydrogen-bond donors (Lipinski definition) is 0. The number of carbonyl (C=O) groups excluding carboxylic acids is 5. The number of fused-ring (bicyclic) bond motifs is 8. The van der Waals surface area contributed by atoms with Gasteiger partial charge in [0.1, 0.15) is 11.9 Å². The van der Waals surface area contributed by atoms with Gasteiger partial charge in [-0.05, 0) is 165 Å². The fourth-order valence-electron chi connectivity index (χ4n) is 17.8. The van der Waals surface area contributed by atoms with Crippen LogP contribution in [0.25, 0.3) is 0 Å². The molecule has 8 aliphatic carbocycles. The molecule has 1 aromatic rings. The van der Waals surface area contributed by atoms with Crippen molar-refractivity contribution >= 4 is 35.6 Å². The van der Waals surface area contributed by atoms with Crippen molar-refractivity contribution in [2.45, 2.75) is 202 Å². The second-order valence-corrected chi connectivity index (χ2v) is 26.2. The number of benzene rings is 1. The minimum absolute atomic E-state index is 0.00241. The van der Waals surface area contributed by atoms with Gasteiger partial charge in [-0.25, -0.2) is 4.79 Å². The highest BCUT2D eigenvalue weighted by molar-refractivity contribution is 5.91. The Hall–Kier alpha value is -4.68. The summed E-state index contributed by atoms with van der Waals surface area (Å²) in [6.07, 6.45) is 14.1. The smallest absolute Gasteiger partial charge is 0.335 e. The number of nitrogens with zero attached hydrogens (tertiary/aromatic N) is 1. The van der Waals surface area contributed by atoms with Gasteiger partial charge in [-0.2, -0.15) is 0 Å². The summed E-state index contributed by atoms with van der Waals surface area (Å²) in [4.78, 5) is 71.6. The fraction of sp³-hybridized carbons (Fsp3) is 0.738. The molecule has 12 atom stereocenters. The molecule has 5 fully saturated rings. The molecule has 1 aromatic carbocycles. The van der Waals surface area contributed by atoms with Crippen LogP contribution < -0.4 is 9.47 Å². The highest BCUT2D eigenvalue weighted by atomic mass is 16.7. The van der Waals surface area contributed by atoms with E-state index in [1.165, 1.54) is 19.4 Å². The summed E-state index contributed by atoms with van der Waals surface area (Å²) in [7, 11) is 4.67. The average Bonchev–Trinajstić information content (AvgIpc) is 3.33. The topological polar surface area (TPSA) is 162 Å². The van der Waals surface area contributed by atoms with E-state index in [0.29, 0.717) is 61.2 Å². The zero-order valence-electron chi connectivity index (χ0n) is 46.8. The molecule has 13 heteroatoms. The molecule has 5 saturated carbocycles. The van der Waals surface area contributed by atoms with E-state index in [2.05, 4.69) is 66.6 Å². The van der Waals surface area contributed by atoms with Gasteiger partial charge < -0.3 is 33.3 Å². The van der Waals surface area contributed by atoms with Crippen LogP contribution in [-0.2, 0) is 59.6 Å². The largest absolute Gasteiger partial charge is 0.497 e. The molecule has 0 radical (unpaired) electrons. The van der Waals surface area contributed by atoms with E-state index in [9.17, 15) is 24.0 Å². The van der Waals surface area contributed by atoms with Crippen LogP contribution in [0.3, 0.4) is 0 Å². The number of ether oxygens (including phenoxy) is 6. The maximum atomic E-state index is 13.9. The number of oxime groups is 1. The summed E-state index contributed by atoms with van der Waals surface area (Å²) < 4.78 is 35.6. The number of carbonyl (C=O) groups is 5. The van der Waals surface area contributed by atoms with Crippen molar-refractivity contribution in [3.05, 3.63) is 46.2 Å². The zero-order chi connectivity index (χ0) is 53.6. The van der Waals surface area contributed by atoms with E-state index in [-0.39, 0.29) is 63.6 Å². The molecule has 0 heterocycles. The van der Waals surface area contributed by atoms with E-state index in [0.717, 1.165) is 93.0 Å². The van der Waals surface area contributed by atoms with Crippen molar-refractivity contribution in [2.24, 2.45) is 67.2 Å². The Morgan fingerprint density at radius 2 is 1.46 bits per heavy atom. The summed E-state index contributed by atoms with van der Waals surface area (Å²) in [5.74, 6) is 0.705. The Bertz CT molecular complexity index is 2560. The first kappa shape index (κ1) is 54.1. The van der Waals surface area contributed by atoms with Gasteiger partial charge in [-0.1, -0.05) is 78.3 Å². The number of allylic oxidation sites excluding steroid dienone is 3. The second kappa shape index (κ2) is 19.4. The van der Waals surface area contributed by atoms with Gasteiger partial charge in [0.15, 0.2) is 17.6 Å². The van der Waals surface area contributed by atoms with Crippen LogP contribution in [0.5, 0.6) is 11.5 Å². The summed E-state index contributed by atoms with van der Waals surface area (Å²) in [6.45, 7) is 21.9. The average molecular weight is 1020 g/mol. The Morgan fingerprint density at radius 1 is 0.757 bits per heavy atom. The van der Waals surface area contributed by atoms with Crippen molar-refractivity contribution in [3.63, 3.8) is 0 Å². The molecule has 406 valence electrons. The third kappa shape index (κ3) is 8.53. The van der Waals surface area contributed by atoms with Gasteiger partial charge >= 0.3 is 29.8 Å². The molecule has 9 rings (SSSR count). The monoisotopic (exact) mass is 1020 g/mol. The van der Waals surface area contributed by atoms with Crippen LogP contribution in [0.2, 0.25) is 0 Å². The fourth-order valence-corrected chi connectivity index (χ4v) is 17.8. The molecule has 0 amide bonds. The molecule has 8 aliphatic rings. The van der Waals surface area contributed by atoms with E-state index < -0.39 is 46.9 Å². The SMILES string of the molecule is COC(=O)[C@]12CCC(C)(C)C[C@H]1C1=CC[C@@H]3[C@@]4(C)CC/C(=N\OC(=O)CCCCC(=O)Oc5c(OC)ccc6c5[C@]57CCC(C)[C@H](C6)C5=C(OC)C(OC(C)=O)C(OC(C)=O)C7)C(C)(C)[C@@H]4CC[C@@]3(C)[C@]1(C)CC2. The molecular formula is C61H85NO12. The lowest BCUT2D eigenvalue weighted by molar-refractivity contribution is -0.181. The van der Waals surface area contributed by atoms with E-state index in [1.807, 2.05) is 12.1 Å². The number of hydrogen-bond acceptors (Lipinski definition) is 13. The molecule has 0 aliphatic heterocycles. The molecule has 13 nitrogen and oxygen atoms in total. The summed E-state index contributed by atoms with van der Waals surface area (Å²) in [6, 6.07) is 3.87. The second-order valence-electron chi connectivity index (χ2n) is 26.2. The van der Waals surface area contributed by atoms with Crippen molar-refractivity contribution in [1.82, 2.24) is 0 Å². The maximum Gasteiger partial charge on any atom is 0.335 e. The molecular weight excluding hydrogens is 939 g/mol. The predicted octanol–water partition coefficient (Wildman–Crippen LogP) is 12.0. The van der Waals surface area contributed by atoms with Gasteiger partial charge in [0.25, 0.3) is 0 Å². The molecule has 0 saturated heterocycles. The van der Waals surface area contributed by atoms with Gasteiger partial charge in [0.05, 0.1) is 32.5 Å². The van der Waals surface area contributed by atoms with Gasteiger partial charge in [-0.15, -0.1) is 0 Å². The van der Waals surface area contributed by atoms with Crippen LogP contribution in [0, 0.1) is 62.1 Å². The van der Waals surface area contributed by atoms with Crippen molar-refractivity contribution < 1.29 is 57.2 Å². The van der Waals surface area contributed by atoms with Crippen molar-refractivity contribution in [1.29, 1.82) is 0 Å². The number of rotatable bonds is 12. The van der Waals surface area contributed by atoms with E-state index in [1.54, 1.807) is 21.3 Å². The van der Waals surface area contributed by atoms with Gasteiger partial charge in [0, 0.05) is 49.5 Å². The first-order valence-electron chi connectivity index (χ1n) is 28.0. The quantitative estimate of drug-likeness (QED) is 0.0371. The minimum atomic E-state index is -0.917. The maximum absolute atomic E-state index is 13.9. The molecule has 0 aromatic heterocycles. The van der Waals surface area contributed by atoms with Crippen LogP contribution in [0.15, 0.2) is 40.3 Å². The molecule has 0 N–H and O–H groups in total. The zero-order valence-corrected chi connectivity index (χ0v) is 46.8. The highest BCUT2D eigenvalue weighted by Crippen LogP contribution is 2.76. The third-order valence-electron chi connectivity index (χ3n) is 21.7. The highest BCUT2D eigenvalue weighted by Gasteiger charge is 2.69. The van der Waals surface area contributed by atoms with Gasteiger partial charge in [0.2, 0.25) is 0 Å². The van der Waals surface area contributed by atoms with E-state index >= 15 is 0 Å².